The Kier molecular flexibility index (Phi) is 5.45. The number of ether oxygens (including phenoxy) is 1. The van der Waals surface area contributed by atoms with Gasteiger partial charge in [-0.25, -0.2) is 13.8 Å². The molecule has 0 saturated carbocycles. The monoisotopic (exact) mass is 341 g/mol. The number of halogens is 2. The summed E-state index contributed by atoms with van der Waals surface area (Å²) in [6.45, 7) is 3.59. The van der Waals surface area contributed by atoms with Crippen molar-refractivity contribution in [1.82, 2.24) is 15.3 Å². The summed E-state index contributed by atoms with van der Waals surface area (Å²) in [5.41, 5.74) is 2.12. The summed E-state index contributed by atoms with van der Waals surface area (Å²) in [6, 6.07) is 0. The van der Waals surface area contributed by atoms with Gasteiger partial charge in [0.2, 0.25) is 5.95 Å². The third-order valence-corrected chi connectivity index (χ3v) is 4.55. The molecule has 1 saturated heterocycles. The van der Waals surface area contributed by atoms with Gasteiger partial charge in [0.25, 0.3) is 5.92 Å². The number of rotatable bonds is 5. The van der Waals surface area contributed by atoms with Crippen LogP contribution in [-0.4, -0.2) is 62.3 Å². The highest BCUT2D eigenvalue weighted by Gasteiger charge is 2.35. The van der Waals surface area contributed by atoms with E-state index in [1.807, 2.05) is 4.90 Å². The molecule has 3 rings (SSSR count). The summed E-state index contributed by atoms with van der Waals surface area (Å²) >= 11 is 0. The molecule has 0 atom stereocenters. The van der Waals surface area contributed by atoms with Gasteiger partial charge in [-0.15, -0.1) is 0 Å². The van der Waals surface area contributed by atoms with Gasteiger partial charge in [-0.1, -0.05) is 0 Å². The standard InChI is InChI=1S/C16H25F2N5O/c1-24-11-8-20-15-21-13-3-7-19-6-2-12(13)14(22-15)23-9-4-16(17,18)5-10-23/h19H,2-11H2,1H3,(H,20,21,22). The molecule has 0 unspecified atom stereocenters. The van der Waals surface area contributed by atoms with Crippen LogP contribution in [-0.2, 0) is 17.6 Å². The molecule has 1 fully saturated rings. The van der Waals surface area contributed by atoms with Crippen molar-refractivity contribution in [3.63, 3.8) is 0 Å². The summed E-state index contributed by atoms with van der Waals surface area (Å²) in [6.07, 6.45) is 1.43. The van der Waals surface area contributed by atoms with Crippen molar-refractivity contribution in [2.75, 3.05) is 56.7 Å². The Hall–Kier alpha value is -1.54. The van der Waals surface area contributed by atoms with Crippen molar-refractivity contribution < 1.29 is 13.5 Å². The zero-order chi connectivity index (χ0) is 17.0. The lowest BCUT2D eigenvalue weighted by molar-refractivity contribution is -0.0221. The first-order valence-corrected chi connectivity index (χ1v) is 8.55. The van der Waals surface area contributed by atoms with E-state index in [4.69, 9.17) is 4.74 Å². The van der Waals surface area contributed by atoms with Gasteiger partial charge < -0.3 is 20.3 Å². The minimum Gasteiger partial charge on any atom is -0.383 e. The molecule has 0 amide bonds. The second kappa shape index (κ2) is 7.57. The molecular weight excluding hydrogens is 316 g/mol. The largest absolute Gasteiger partial charge is 0.383 e. The van der Waals surface area contributed by atoms with Crippen LogP contribution in [0.2, 0.25) is 0 Å². The molecule has 0 radical (unpaired) electrons. The first kappa shape index (κ1) is 17.3. The van der Waals surface area contributed by atoms with Crippen LogP contribution in [0.3, 0.4) is 0 Å². The Labute approximate surface area is 141 Å². The molecule has 0 aliphatic carbocycles. The Morgan fingerprint density at radius 3 is 2.71 bits per heavy atom. The number of aromatic nitrogens is 2. The first-order chi connectivity index (χ1) is 11.6. The number of methoxy groups -OCH3 is 1. The van der Waals surface area contributed by atoms with E-state index in [0.717, 1.165) is 43.0 Å². The molecular formula is C16H25F2N5O. The maximum absolute atomic E-state index is 13.5. The molecule has 134 valence electrons. The summed E-state index contributed by atoms with van der Waals surface area (Å²) in [4.78, 5) is 11.3. The third kappa shape index (κ3) is 4.10. The van der Waals surface area contributed by atoms with Crippen molar-refractivity contribution in [3.8, 4) is 0 Å². The highest BCUT2D eigenvalue weighted by molar-refractivity contribution is 5.54. The van der Waals surface area contributed by atoms with Gasteiger partial charge >= 0.3 is 0 Å². The number of hydrogen-bond donors (Lipinski definition) is 2. The lowest BCUT2D eigenvalue weighted by Gasteiger charge is -2.34. The van der Waals surface area contributed by atoms with Gasteiger partial charge in [-0.3, -0.25) is 0 Å². The van der Waals surface area contributed by atoms with Crippen molar-refractivity contribution in [3.05, 3.63) is 11.3 Å². The van der Waals surface area contributed by atoms with Crippen LogP contribution in [0, 0.1) is 0 Å². The van der Waals surface area contributed by atoms with Gasteiger partial charge in [0.05, 0.1) is 12.3 Å². The Balaban J connectivity index is 1.86. The smallest absolute Gasteiger partial charge is 0.251 e. The van der Waals surface area contributed by atoms with Crippen LogP contribution in [0.15, 0.2) is 0 Å². The van der Waals surface area contributed by atoms with Crippen LogP contribution in [0.5, 0.6) is 0 Å². The van der Waals surface area contributed by atoms with Crippen molar-refractivity contribution in [1.29, 1.82) is 0 Å². The molecule has 2 aliphatic heterocycles. The predicted molar refractivity (Wildman–Crippen MR) is 89.1 cm³/mol. The Bertz CT molecular complexity index is 560. The van der Waals surface area contributed by atoms with E-state index < -0.39 is 5.92 Å². The quantitative estimate of drug-likeness (QED) is 0.791. The number of nitrogens with zero attached hydrogens (tertiary/aromatic N) is 3. The lowest BCUT2D eigenvalue weighted by atomic mass is 10.0. The van der Waals surface area contributed by atoms with E-state index in [1.54, 1.807) is 7.11 Å². The van der Waals surface area contributed by atoms with Crippen LogP contribution in [0.25, 0.3) is 0 Å². The van der Waals surface area contributed by atoms with E-state index in [9.17, 15) is 8.78 Å². The van der Waals surface area contributed by atoms with Crippen molar-refractivity contribution >= 4 is 11.8 Å². The maximum atomic E-state index is 13.5. The van der Waals surface area contributed by atoms with E-state index in [1.165, 1.54) is 0 Å². The maximum Gasteiger partial charge on any atom is 0.251 e. The van der Waals surface area contributed by atoms with Crippen LogP contribution < -0.4 is 15.5 Å². The fourth-order valence-corrected chi connectivity index (χ4v) is 3.18. The van der Waals surface area contributed by atoms with E-state index in [-0.39, 0.29) is 12.8 Å². The van der Waals surface area contributed by atoms with Crippen LogP contribution in [0.1, 0.15) is 24.1 Å². The first-order valence-electron chi connectivity index (χ1n) is 8.55. The summed E-state index contributed by atoms with van der Waals surface area (Å²) in [5, 5.41) is 6.53. The average Bonchev–Trinajstić information content (AvgIpc) is 2.80. The number of piperidine rings is 1. The molecule has 8 heteroatoms. The zero-order valence-corrected chi connectivity index (χ0v) is 14.1. The van der Waals surface area contributed by atoms with Gasteiger partial charge in [-0.2, -0.15) is 4.98 Å². The second-order valence-electron chi connectivity index (χ2n) is 6.31. The summed E-state index contributed by atoms with van der Waals surface area (Å²) in [7, 11) is 1.64. The third-order valence-electron chi connectivity index (χ3n) is 4.55. The average molecular weight is 341 g/mol. The molecule has 0 spiro atoms. The second-order valence-corrected chi connectivity index (χ2v) is 6.31. The van der Waals surface area contributed by atoms with Crippen LogP contribution in [0.4, 0.5) is 20.5 Å². The highest BCUT2D eigenvalue weighted by Crippen LogP contribution is 2.32. The van der Waals surface area contributed by atoms with E-state index in [0.29, 0.717) is 32.2 Å². The molecule has 24 heavy (non-hydrogen) atoms. The van der Waals surface area contributed by atoms with Crippen LogP contribution >= 0.6 is 0 Å². The van der Waals surface area contributed by atoms with Crippen molar-refractivity contribution in [2.45, 2.75) is 31.6 Å². The highest BCUT2D eigenvalue weighted by atomic mass is 19.3. The number of fused-ring (bicyclic) bond motifs is 1. The van der Waals surface area contributed by atoms with E-state index >= 15 is 0 Å². The van der Waals surface area contributed by atoms with Gasteiger partial charge in [0, 0.05) is 58.1 Å². The topological polar surface area (TPSA) is 62.3 Å². The molecule has 2 aliphatic rings. The Morgan fingerprint density at radius 2 is 1.96 bits per heavy atom. The zero-order valence-electron chi connectivity index (χ0n) is 14.1. The van der Waals surface area contributed by atoms with Gasteiger partial charge in [-0.05, 0) is 13.0 Å². The molecule has 6 nitrogen and oxygen atoms in total. The fourth-order valence-electron chi connectivity index (χ4n) is 3.18. The number of alkyl halides is 2. The molecule has 1 aromatic rings. The predicted octanol–water partition coefficient (Wildman–Crippen LogP) is 1.46. The summed E-state index contributed by atoms with van der Waals surface area (Å²) in [5.74, 6) is -1.18. The summed E-state index contributed by atoms with van der Waals surface area (Å²) < 4.78 is 32.0. The van der Waals surface area contributed by atoms with E-state index in [2.05, 4.69) is 20.6 Å². The molecule has 0 aromatic carbocycles. The number of nitrogens with one attached hydrogen (secondary N) is 2. The fraction of sp³-hybridized carbons (Fsp3) is 0.750. The van der Waals surface area contributed by atoms with Gasteiger partial charge in [0.1, 0.15) is 5.82 Å². The molecule has 0 bridgehead atoms. The van der Waals surface area contributed by atoms with Crippen molar-refractivity contribution in [2.24, 2.45) is 0 Å². The lowest BCUT2D eigenvalue weighted by Crippen LogP contribution is -2.40. The minimum absolute atomic E-state index is 0.115. The molecule has 3 heterocycles. The normalized spacial score (nSPS) is 20.4. The molecule has 1 aromatic heterocycles. The number of anilines is 2. The Morgan fingerprint density at radius 1 is 1.21 bits per heavy atom. The molecule has 2 N–H and O–H groups in total. The number of hydrogen-bond acceptors (Lipinski definition) is 6. The minimum atomic E-state index is -2.55. The SMILES string of the molecule is COCCNc1nc2c(c(N3CCC(F)(F)CC3)n1)CCNCC2. The van der Waals surface area contributed by atoms with Gasteiger partial charge in [0.15, 0.2) is 0 Å².